The van der Waals surface area contributed by atoms with Crippen molar-refractivity contribution in [2.75, 3.05) is 0 Å². The van der Waals surface area contributed by atoms with Crippen LogP contribution in [0.25, 0.3) is 0 Å². The summed E-state index contributed by atoms with van der Waals surface area (Å²) in [4.78, 5) is 26.9. The average Bonchev–Trinajstić information content (AvgIpc) is 2.79. The van der Waals surface area contributed by atoms with Crippen LogP contribution < -0.4 is 5.56 Å². The molecule has 0 fully saturated rings. The van der Waals surface area contributed by atoms with Crippen LogP contribution in [-0.4, -0.2) is 25.2 Å². The lowest BCUT2D eigenvalue weighted by Crippen LogP contribution is -2.26. The van der Waals surface area contributed by atoms with Crippen LogP contribution in [-0.2, 0) is 6.54 Å². The Balaban J connectivity index is 2.39. The summed E-state index contributed by atoms with van der Waals surface area (Å²) in [6.45, 7) is 4.33. The molecule has 0 bridgehead atoms. The monoisotopic (exact) mass is 261 g/mol. The van der Waals surface area contributed by atoms with Gasteiger partial charge in [-0.2, -0.15) is 0 Å². The molecule has 1 N–H and O–H groups in total. The van der Waals surface area contributed by atoms with E-state index in [-0.39, 0.29) is 11.6 Å². The number of carboxylic acid groups (broad SMARTS) is 1. The number of nitrogens with zero attached hydrogens (tertiary/aromatic N) is 3. The van der Waals surface area contributed by atoms with Gasteiger partial charge in [-0.15, -0.1) is 0 Å². The number of carbonyl (C=O) groups is 1. The molecular weight excluding hydrogens is 246 g/mol. The van der Waals surface area contributed by atoms with Gasteiger partial charge in [0, 0.05) is 18.4 Å². The quantitative estimate of drug-likeness (QED) is 0.901. The lowest BCUT2D eigenvalue weighted by Gasteiger charge is -2.13. The lowest BCUT2D eigenvalue weighted by molar-refractivity contribution is 0.0694. The third-order valence-corrected chi connectivity index (χ3v) is 2.89. The molecule has 6 nitrogen and oxygen atoms in total. The average molecular weight is 261 g/mol. The first-order valence-corrected chi connectivity index (χ1v) is 5.94. The molecule has 0 amide bonds. The summed E-state index contributed by atoms with van der Waals surface area (Å²) < 4.78 is 3.32. The SMILES string of the molecule is CC(C)n1cncc1Cn1cccc(C(=O)O)c1=O. The molecule has 100 valence electrons. The van der Waals surface area contributed by atoms with Gasteiger partial charge >= 0.3 is 5.97 Å². The van der Waals surface area contributed by atoms with Crippen molar-refractivity contribution in [1.82, 2.24) is 14.1 Å². The van der Waals surface area contributed by atoms with Gasteiger partial charge < -0.3 is 14.2 Å². The number of aromatic nitrogens is 3. The molecule has 0 aliphatic heterocycles. The molecule has 6 heteroatoms. The number of imidazole rings is 1. The summed E-state index contributed by atoms with van der Waals surface area (Å²) in [6.07, 6.45) is 4.96. The van der Waals surface area contributed by atoms with Gasteiger partial charge in [0.15, 0.2) is 0 Å². The Hall–Kier alpha value is -2.37. The van der Waals surface area contributed by atoms with Gasteiger partial charge in [0.05, 0.1) is 18.6 Å². The molecule has 0 atom stereocenters. The van der Waals surface area contributed by atoms with Gasteiger partial charge in [-0.05, 0) is 26.0 Å². The first-order valence-electron chi connectivity index (χ1n) is 5.94. The van der Waals surface area contributed by atoms with E-state index >= 15 is 0 Å². The normalized spacial score (nSPS) is 10.9. The minimum absolute atomic E-state index is 0.224. The van der Waals surface area contributed by atoms with Crippen molar-refractivity contribution in [3.63, 3.8) is 0 Å². The van der Waals surface area contributed by atoms with E-state index in [4.69, 9.17) is 5.11 Å². The molecule has 2 aromatic heterocycles. The fourth-order valence-electron chi connectivity index (χ4n) is 1.92. The first kappa shape index (κ1) is 13.1. The highest BCUT2D eigenvalue weighted by molar-refractivity contribution is 5.86. The largest absolute Gasteiger partial charge is 0.477 e. The Kier molecular flexibility index (Phi) is 3.50. The zero-order chi connectivity index (χ0) is 14.0. The van der Waals surface area contributed by atoms with Crippen molar-refractivity contribution in [3.8, 4) is 0 Å². The van der Waals surface area contributed by atoms with Crippen molar-refractivity contribution in [1.29, 1.82) is 0 Å². The Morgan fingerprint density at radius 2 is 2.21 bits per heavy atom. The van der Waals surface area contributed by atoms with Crippen LogP contribution >= 0.6 is 0 Å². The minimum Gasteiger partial charge on any atom is -0.477 e. The molecule has 19 heavy (non-hydrogen) atoms. The number of carboxylic acids is 1. The van der Waals surface area contributed by atoms with Crippen LogP contribution in [0.2, 0.25) is 0 Å². The summed E-state index contributed by atoms with van der Waals surface area (Å²) in [6, 6.07) is 3.10. The van der Waals surface area contributed by atoms with E-state index in [0.717, 1.165) is 5.69 Å². The Morgan fingerprint density at radius 1 is 1.47 bits per heavy atom. The summed E-state index contributed by atoms with van der Waals surface area (Å²) in [5, 5.41) is 8.93. The maximum absolute atomic E-state index is 12.0. The third kappa shape index (κ3) is 2.57. The van der Waals surface area contributed by atoms with Crippen molar-refractivity contribution in [2.24, 2.45) is 0 Å². The van der Waals surface area contributed by atoms with Crippen LogP contribution in [0.3, 0.4) is 0 Å². The highest BCUT2D eigenvalue weighted by Crippen LogP contribution is 2.09. The number of hydrogen-bond acceptors (Lipinski definition) is 3. The van der Waals surface area contributed by atoms with Gasteiger partial charge in [0.25, 0.3) is 5.56 Å². The zero-order valence-corrected chi connectivity index (χ0v) is 10.8. The highest BCUT2D eigenvalue weighted by atomic mass is 16.4. The van der Waals surface area contributed by atoms with Crippen molar-refractivity contribution < 1.29 is 9.90 Å². The van der Waals surface area contributed by atoms with Crippen LogP contribution in [0, 0.1) is 0 Å². The topological polar surface area (TPSA) is 77.1 Å². The smallest absolute Gasteiger partial charge is 0.341 e. The van der Waals surface area contributed by atoms with E-state index in [1.807, 2.05) is 18.4 Å². The third-order valence-electron chi connectivity index (χ3n) is 2.89. The molecule has 0 saturated heterocycles. The number of hydrogen-bond donors (Lipinski definition) is 1. The van der Waals surface area contributed by atoms with Crippen LogP contribution in [0.4, 0.5) is 0 Å². The molecule has 0 saturated carbocycles. The van der Waals surface area contributed by atoms with E-state index in [1.54, 1.807) is 24.8 Å². The van der Waals surface area contributed by atoms with Gasteiger partial charge in [-0.25, -0.2) is 9.78 Å². The van der Waals surface area contributed by atoms with Gasteiger partial charge in [0.2, 0.25) is 0 Å². The van der Waals surface area contributed by atoms with E-state index < -0.39 is 11.5 Å². The summed E-state index contributed by atoms with van der Waals surface area (Å²) >= 11 is 0. The minimum atomic E-state index is -1.21. The number of aromatic carboxylic acids is 1. The molecule has 0 aliphatic carbocycles. The standard InChI is InChI=1S/C13H15N3O3/c1-9(2)16-8-14-6-10(16)7-15-5-3-4-11(12(15)17)13(18)19/h3-6,8-9H,7H2,1-2H3,(H,18,19). The van der Waals surface area contributed by atoms with Crippen molar-refractivity contribution in [3.05, 3.63) is 52.5 Å². The van der Waals surface area contributed by atoms with E-state index in [2.05, 4.69) is 4.98 Å². The highest BCUT2D eigenvalue weighted by Gasteiger charge is 2.12. The fraction of sp³-hybridized carbons (Fsp3) is 0.308. The molecule has 2 aromatic rings. The molecule has 0 radical (unpaired) electrons. The second-order valence-corrected chi connectivity index (χ2v) is 4.55. The van der Waals surface area contributed by atoms with Crippen LogP contribution in [0.5, 0.6) is 0 Å². The molecular formula is C13H15N3O3. The van der Waals surface area contributed by atoms with E-state index in [9.17, 15) is 9.59 Å². The predicted molar refractivity (Wildman–Crippen MR) is 69.4 cm³/mol. The predicted octanol–water partition coefficient (Wildman–Crippen LogP) is 1.37. The second kappa shape index (κ2) is 5.09. The van der Waals surface area contributed by atoms with E-state index in [1.165, 1.54) is 10.6 Å². The number of pyridine rings is 1. The summed E-state index contributed by atoms with van der Waals surface area (Å²) in [5.74, 6) is -1.21. The molecule has 0 unspecified atom stereocenters. The maximum Gasteiger partial charge on any atom is 0.341 e. The van der Waals surface area contributed by atoms with Gasteiger partial charge in [0.1, 0.15) is 5.56 Å². The first-order chi connectivity index (χ1) is 9.00. The summed E-state index contributed by atoms with van der Waals surface area (Å²) in [5.41, 5.74) is 0.129. The fourth-order valence-corrected chi connectivity index (χ4v) is 1.92. The molecule has 0 aliphatic rings. The lowest BCUT2D eigenvalue weighted by atomic mass is 10.2. The van der Waals surface area contributed by atoms with Crippen molar-refractivity contribution in [2.45, 2.75) is 26.4 Å². The summed E-state index contributed by atoms with van der Waals surface area (Å²) in [7, 11) is 0. The molecule has 2 heterocycles. The van der Waals surface area contributed by atoms with Gasteiger partial charge in [-0.1, -0.05) is 0 Å². The molecule has 2 rings (SSSR count). The zero-order valence-electron chi connectivity index (χ0n) is 10.8. The van der Waals surface area contributed by atoms with Crippen LogP contribution in [0.1, 0.15) is 35.9 Å². The number of rotatable bonds is 4. The Bertz CT molecular complexity index is 655. The van der Waals surface area contributed by atoms with Gasteiger partial charge in [-0.3, -0.25) is 4.79 Å². The Labute approximate surface area is 109 Å². The second-order valence-electron chi connectivity index (χ2n) is 4.55. The maximum atomic E-state index is 12.0. The van der Waals surface area contributed by atoms with E-state index in [0.29, 0.717) is 6.54 Å². The van der Waals surface area contributed by atoms with Crippen LogP contribution in [0.15, 0.2) is 35.6 Å². The van der Waals surface area contributed by atoms with Crippen molar-refractivity contribution >= 4 is 5.97 Å². The molecule has 0 spiro atoms. The Morgan fingerprint density at radius 3 is 2.84 bits per heavy atom. The molecule has 0 aromatic carbocycles.